The fourth-order valence-corrected chi connectivity index (χ4v) is 2.65. The van der Waals surface area contributed by atoms with Gasteiger partial charge in [-0.05, 0) is 36.6 Å². The SMILES string of the molecule is Cc1csc(C(=O)O)c1NC(=O)C(C)C1CC1. The van der Waals surface area contributed by atoms with Crippen molar-refractivity contribution in [3.05, 3.63) is 15.8 Å². The molecule has 1 heterocycles. The van der Waals surface area contributed by atoms with E-state index >= 15 is 0 Å². The van der Waals surface area contributed by atoms with Gasteiger partial charge in [0.2, 0.25) is 5.91 Å². The van der Waals surface area contributed by atoms with Gasteiger partial charge < -0.3 is 10.4 Å². The van der Waals surface area contributed by atoms with E-state index in [1.807, 2.05) is 6.92 Å². The van der Waals surface area contributed by atoms with E-state index in [9.17, 15) is 9.59 Å². The number of carbonyl (C=O) groups is 2. The highest BCUT2D eigenvalue weighted by molar-refractivity contribution is 7.12. The molecule has 4 nitrogen and oxygen atoms in total. The Morgan fingerprint density at radius 2 is 2.18 bits per heavy atom. The number of carbonyl (C=O) groups excluding carboxylic acids is 1. The van der Waals surface area contributed by atoms with Gasteiger partial charge in [0.25, 0.3) is 0 Å². The van der Waals surface area contributed by atoms with E-state index in [1.165, 1.54) is 0 Å². The van der Waals surface area contributed by atoms with Gasteiger partial charge in [-0.2, -0.15) is 0 Å². The molecule has 2 rings (SSSR count). The van der Waals surface area contributed by atoms with E-state index < -0.39 is 5.97 Å². The van der Waals surface area contributed by atoms with Crippen molar-refractivity contribution < 1.29 is 14.7 Å². The highest BCUT2D eigenvalue weighted by Gasteiger charge is 2.33. The molecule has 0 aromatic carbocycles. The molecule has 1 aromatic heterocycles. The zero-order chi connectivity index (χ0) is 12.6. The zero-order valence-electron chi connectivity index (χ0n) is 9.82. The van der Waals surface area contributed by atoms with Crippen LogP contribution >= 0.6 is 11.3 Å². The Morgan fingerprint density at radius 1 is 1.53 bits per heavy atom. The first-order chi connectivity index (χ1) is 8.00. The van der Waals surface area contributed by atoms with Gasteiger partial charge in [0.15, 0.2) is 0 Å². The summed E-state index contributed by atoms with van der Waals surface area (Å²) in [6.45, 7) is 3.70. The summed E-state index contributed by atoms with van der Waals surface area (Å²) in [4.78, 5) is 23.1. The highest BCUT2D eigenvalue weighted by Crippen LogP contribution is 2.37. The zero-order valence-corrected chi connectivity index (χ0v) is 10.6. The molecular weight excluding hydrogens is 238 g/mol. The summed E-state index contributed by atoms with van der Waals surface area (Å²) in [5.41, 5.74) is 1.27. The van der Waals surface area contributed by atoms with Gasteiger partial charge in [0.1, 0.15) is 4.88 Å². The summed E-state index contributed by atoms with van der Waals surface area (Å²) in [5, 5.41) is 13.5. The molecule has 1 fully saturated rings. The molecule has 1 aromatic rings. The molecule has 92 valence electrons. The van der Waals surface area contributed by atoms with Gasteiger partial charge in [0.05, 0.1) is 5.69 Å². The normalized spacial score (nSPS) is 16.6. The second-order valence-electron chi connectivity index (χ2n) is 4.54. The lowest BCUT2D eigenvalue weighted by atomic mass is 10.1. The maximum Gasteiger partial charge on any atom is 0.348 e. The molecule has 0 bridgehead atoms. The Bertz CT molecular complexity index is 462. The van der Waals surface area contributed by atoms with E-state index in [0.29, 0.717) is 11.6 Å². The van der Waals surface area contributed by atoms with E-state index in [0.717, 1.165) is 29.7 Å². The predicted molar refractivity (Wildman–Crippen MR) is 66.5 cm³/mol. The second kappa shape index (κ2) is 4.49. The van der Waals surface area contributed by atoms with Crippen LogP contribution in [0, 0.1) is 18.8 Å². The smallest absolute Gasteiger partial charge is 0.348 e. The van der Waals surface area contributed by atoms with Crippen LogP contribution in [0.4, 0.5) is 5.69 Å². The number of aryl methyl sites for hydroxylation is 1. The number of hydrogen-bond acceptors (Lipinski definition) is 3. The Balaban J connectivity index is 2.14. The van der Waals surface area contributed by atoms with Gasteiger partial charge in [-0.15, -0.1) is 11.3 Å². The van der Waals surface area contributed by atoms with Gasteiger partial charge in [-0.3, -0.25) is 4.79 Å². The molecule has 1 aliphatic rings. The van der Waals surface area contributed by atoms with E-state index in [2.05, 4.69) is 5.32 Å². The summed E-state index contributed by atoms with van der Waals surface area (Å²) in [5.74, 6) is -0.618. The third-order valence-corrected chi connectivity index (χ3v) is 4.25. The van der Waals surface area contributed by atoms with Crippen LogP contribution in [0.25, 0.3) is 0 Å². The van der Waals surface area contributed by atoms with Gasteiger partial charge in [0, 0.05) is 5.92 Å². The molecule has 5 heteroatoms. The Morgan fingerprint density at radius 3 is 2.71 bits per heavy atom. The quantitative estimate of drug-likeness (QED) is 0.867. The van der Waals surface area contributed by atoms with Crippen LogP contribution in [0.5, 0.6) is 0 Å². The second-order valence-corrected chi connectivity index (χ2v) is 5.42. The first-order valence-electron chi connectivity index (χ1n) is 5.63. The lowest BCUT2D eigenvalue weighted by Gasteiger charge is -2.11. The number of anilines is 1. The summed E-state index contributed by atoms with van der Waals surface area (Å²) < 4.78 is 0. The average Bonchev–Trinajstić information content (AvgIpc) is 3.04. The first kappa shape index (κ1) is 12.1. The number of aromatic carboxylic acids is 1. The molecule has 17 heavy (non-hydrogen) atoms. The van der Waals surface area contributed by atoms with Crippen molar-refractivity contribution in [2.24, 2.45) is 11.8 Å². The molecule has 1 aliphatic carbocycles. The Labute approximate surface area is 104 Å². The number of hydrogen-bond donors (Lipinski definition) is 2. The van der Waals surface area contributed by atoms with E-state index in [-0.39, 0.29) is 16.7 Å². The molecule has 0 aliphatic heterocycles. The van der Waals surface area contributed by atoms with Crippen LogP contribution in [0.15, 0.2) is 5.38 Å². The maximum atomic E-state index is 11.9. The monoisotopic (exact) mass is 253 g/mol. The van der Waals surface area contributed by atoms with Crippen LogP contribution < -0.4 is 5.32 Å². The van der Waals surface area contributed by atoms with Gasteiger partial charge in [-0.1, -0.05) is 6.92 Å². The van der Waals surface area contributed by atoms with Crippen molar-refractivity contribution in [3.63, 3.8) is 0 Å². The number of amides is 1. The number of thiophene rings is 1. The molecule has 0 radical (unpaired) electrons. The third kappa shape index (κ3) is 2.49. The van der Waals surface area contributed by atoms with Crippen molar-refractivity contribution in [3.8, 4) is 0 Å². The minimum atomic E-state index is -0.988. The van der Waals surface area contributed by atoms with Crippen molar-refractivity contribution in [2.45, 2.75) is 26.7 Å². The van der Waals surface area contributed by atoms with Crippen LogP contribution in [-0.4, -0.2) is 17.0 Å². The fraction of sp³-hybridized carbons (Fsp3) is 0.500. The third-order valence-electron chi connectivity index (χ3n) is 3.16. The van der Waals surface area contributed by atoms with Crippen LogP contribution in [0.2, 0.25) is 0 Å². The van der Waals surface area contributed by atoms with Crippen LogP contribution in [0.3, 0.4) is 0 Å². The summed E-state index contributed by atoms with van der Waals surface area (Å²) >= 11 is 1.15. The van der Waals surface area contributed by atoms with Crippen molar-refractivity contribution >= 4 is 28.9 Å². The van der Waals surface area contributed by atoms with E-state index in [1.54, 1.807) is 12.3 Å². The molecular formula is C12H15NO3S. The molecule has 1 saturated carbocycles. The van der Waals surface area contributed by atoms with E-state index in [4.69, 9.17) is 5.11 Å². The molecule has 2 N–H and O–H groups in total. The van der Waals surface area contributed by atoms with Crippen molar-refractivity contribution in [2.75, 3.05) is 5.32 Å². The fourth-order valence-electron chi connectivity index (χ4n) is 1.80. The highest BCUT2D eigenvalue weighted by atomic mass is 32.1. The molecule has 1 unspecified atom stereocenters. The lowest BCUT2D eigenvalue weighted by molar-refractivity contribution is -0.119. The Kier molecular flexibility index (Phi) is 3.19. The Hall–Kier alpha value is -1.36. The van der Waals surface area contributed by atoms with Gasteiger partial charge >= 0.3 is 5.97 Å². The standard InChI is InChI=1S/C12H15NO3S/c1-6-5-17-10(12(15)16)9(6)13-11(14)7(2)8-3-4-8/h5,7-8H,3-4H2,1-2H3,(H,13,14)(H,15,16). The number of carboxylic acid groups (broad SMARTS) is 1. The molecule has 1 atom stereocenters. The van der Waals surface area contributed by atoms with Crippen molar-refractivity contribution in [1.29, 1.82) is 0 Å². The largest absolute Gasteiger partial charge is 0.477 e. The predicted octanol–water partition coefficient (Wildman–Crippen LogP) is 2.74. The average molecular weight is 253 g/mol. The number of rotatable bonds is 4. The maximum absolute atomic E-state index is 11.9. The van der Waals surface area contributed by atoms with Crippen LogP contribution in [0.1, 0.15) is 35.0 Å². The minimum absolute atomic E-state index is 0.0315. The molecule has 1 amide bonds. The summed E-state index contributed by atoms with van der Waals surface area (Å²) in [6, 6.07) is 0. The van der Waals surface area contributed by atoms with Crippen LogP contribution in [-0.2, 0) is 4.79 Å². The van der Waals surface area contributed by atoms with Gasteiger partial charge in [-0.25, -0.2) is 4.79 Å². The number of nitrogens with one attached hydrogen (secondary N) is 1. The first-order valence-corrected chi connectivity index (χ1v) is 6.51. The summed E-state index contributed by atoms with van der Waals surface area (Å²) in [6.07, 6.45) is 2.20. The molecule has 0 spiro atoms. The summed E-state index contributed by atoms with van der Waals surface area (Å²) in [7, 11) is 0. The number of carboxylic acids is 1. The minimum Gasteiger partial charge on any atom is -0.477 e. The topological polar surface area (TPSA) is 66.4 Å². The lowest BCUT2D eigenvalue weighted by Crippen LogP contribution is -2.22. The van der Waals surface area contributed by atoms with Crippen molar-refractivity contribution in [1.82, 2.24) is 0 Å². The molecule has 0 saturated heterocycles.